The number of ether oxygens (including phenoxy) is 1. The highest BCUT2D eigenvalue weighted by atomic mass is 16.5. The third-order valence-corrected chi connectivity index (χ3v) is 3.37. The molecular weight excluding hydrogens is 216 g/mol. The van der Waals surface area contributed by atoms with Gasteiger partial charge in [0.2, 0.25) is 5.91 Å². The molecule has 0 aromatic carbocycles. The lowest BCUT2D eigenvalue weighted by atomic mass is 9.92. The number of amides is 1. The standard InChI is InChI=1S/C13H26N2O2/c1-4-9-15-13(16)10(2)17-12-8-6-5-7-11(12)14-3/h10-12,14H,4-9H2,1-3H3,(H,15,16). The average Bonchev–Trinajstić information content (AvgIpc) is 2.36. The van der Waals surface area contributed by atoms with Crippen LogP contribution < -0.4 is 10.6 Å². The maximum atomic E-state index is 11.7. The first-order chi connectivity index (χ1) is 8.19. The maximum absolute atomic E-state index is 11.7. The fourth-order valence-electron chi connectivity index (χ4n) is 2.31. The van der Waals surface area contributed by atoms with Crippen LogP contribution in [0.3, 0.4) is 0 Å². The summed E-state index contributed by atoms with van der Waals surface area (Å²) in [6.45, 7) is 4.61. The van der Waals surface area contributed by atoms with E-state index in [1.807, 2.05) is 20.9 Å². The maximum Gasteiger partial charge on any atom is 0.248 e. The van der Waals surface area contributed by atoms with Crippen molar-refractivity contribution in [3.05, 3.63) is 0 Å². The molecule has 100 valence electrons. The minimum Gasteiger partial charge on any atom is -0.364 e. The number of rotatable bonds is 6. The largest absolute Gasteiger partial charge is 0.364 e. The van der Waals surface area contributed by atoms with Gasteiger partial charge in [-0.25, -0.2) is 0 Å². The molecule has 1 aliphatic carbocycles. The van der Waals surface area contributed by atoms with Gasteiger partial charge < -0.3 is 15.4 Å². The summed E-state index contributed by atoms with van der Waals surface area (Å²) >= 11 is 0. The van der Waals surface area contributed by atoms with Crippen molar-refractivity contribution in [3.8, 4) is 0 Å². The molecule has 0 saturated heterocycles. The highest BCUT2D eigenvalue weighted by Gasteiger charge is 2.27. The summed E-state index contributed by atoms with van der Waals surface area (Å²) in [4.78, 5) is 11.7. The monoisotopic (exact) mass is 242 g/mol. The van der Waals surface area contributed by atoms with Crippen molar-refractivity contribution >= 4 is 5.91 Å². The van der Waals surface area contributed by atoms with Crippen LogP contribution >= 0.6 is 0 Å². The van der Waals surface area contributed by atoms with E-state index in [0.29, 0.717) is 6.04 Å². The molecule has 4 heteroatoms. The Bertz CT molecular complexity index is 233. The van der Waals surface area contributed by atoms with E-state index >= 15 is 0 Å². The minimum atomic E-state index is -0.347. The van der Waals surface area contributed by atoms with Gasteiger partial charge in [0.05, 0.1) is 6.10 Å². The number of nitrogens with one attached hydrogen (secondary N) is 2. The first kappa shape index (κ1) is 14.5. The average molecular weight is 242 g/mol. The van der Waals surface area contributed by atoms with Crippen LogP contribution in [0.5, 0.6) is 0 Å². The van der Waals surface area contributed by atoms with Gasteiger partial charge in [-0.1, -0.05) is 19.8 Å². The summed E-state index contributed by atoms with van der Waals surface area (Å²) in [7, 11) is 1.97. The Morgan fingerprint density at radius 1 is 1.41 bits per heavy atom. The molecule has 0 aliphatic heterocycles. The van der Waals surface area contributed by atoms with Gasteiger partial charge in [0.15, 0.2) is 0 Å². The van der Waals surface area contributed by atoms with Gasteiger partial charge in [-0.15, -0.1) is 0 Å². The van der Waals surface area contributed by atoms with Crippen LogP contribution in [0.2, 0.25) is 0 Å². The Labute approximate surface area is 104 Å². The van der Waals surface area contributed by atoms with Gasteiger partial charge in [-0.05, 0) is 33.2 Å². The molecule has 0 heterocycles. The summed E-state index contributed by atoms with van der Waals surface area (Å²) in [5.41, 5.74) is 0. The normalized spacial score (nSPS) is 26.5. The predicted molar refractivity (Wildman–Crippen MR) is 69.0 cm³/mol. The van der Waals surface area contributed by atoms with E-state index < -0.39 is 0 Å². The second-order valence-corrected chi connectivity index (χ2v) is 4.79. The van der Waals surface area contributed by atoms with Gasteiger partial charge in [-0.2, -0.15) is 0 Å². The summed E-state index contributed by atoms with van der Waals surface area (Å²) in [6.07, 6.45) is 5.44. The molecule has 1 saturated carbocycles. The van der Waals surface area contributed by atoms with Gasteiger partial charge in [0.25, 0.3) is 0 Å². The van der Waals surface area contributed by atoms with E-state index in [9.17, 15) is 4.79 Å². The Morgan fingerprint density at radius 3 is 2.76 bits per heavy atom. The Morgan fingerprint density at radius 2 is 2.12 bits per heavy atom. The molecule has 3 atom stereocenters. The highest BCUT2D eigenvalue weighted by molar-refractivity contribution is 5.80. The van der Waals surface area contributed by atoms with E-state index in [4.69, 9.17) is 4.74 Å². The van der Waals surface area contributed by atoms with E-state index in [1.165, 1.54) is 12.8 Å². The number of carbonyl (C=O) groups is 1. The first-order valence-corrected chi connectivity index (χ1v) is 6.79. The minimum absolute atomic E-state index is 0.00674. The molecule has 1 fully saturated rings. The summed E-state index contributed by atoms with van der Waals surface area (Å²) in [5.74, 6) is 0.00674. The topological polar surface area (TPSA) is 50.4 Å². The molecule has 0 radical (unpaired) electrons. The summed E-state index contributed by atoms with van der Waals surface area (Å²) in [5, 5.41) is 6.15. The molecule has 1 amide bonds. The molecular formula is C13H26N2O2. The molecule has 4 nitrogen and oxygen atoms in total. The van der Waals surface area contributed by atoms with Crippen molar-refractivity contribution in [2.24, 2.45) is 0 Å². The second kappa shape index (κ2) is 7.67. The molecule has 3 unspecified atom stereocenters. The van der Waals surface area contributed by atoms with E-state index in [2.05, 4.69) is 10.6 Å². The molecule has 0 bridgehead atoms. The van der Waals surface area contributed by atoms with E-state index in [1.54, 1.807) is 0 Å². The lowest BCUT2D eigenvalue weighted by Gasteiger charge is -2.32. The zero-order valence-electron chi connectivity index (χ0n) is 11.3. The van der Waals surface area contributed by atoms with Gasteiger partial charge in [0, 0.05) is 12.6 Å². The van der Waals surface area contributed by atoms with Crippen LogP contribution in [0.15, 0.2) is 0 Å². The number of hydrogen-bond donors (Lipinski definition) is 2. The Kier molecular flexibility index (Phi) is 6.52. The SMILES string of the molecule is CCCNC(=O)C(C)OC1CCCCC1NC. The molecule has 0 spiro atoms. The zero-order valence-corrected chi connectivity index (χ0v) is 11.3. The zero-order chi connectivity index (χ0) is 12.7. The van der Waals surface area contributed by atoms with Crippen LogP contribution in [0.25, 0.3) is 0 Å². The molecule has 2 N–H and O–H groups in total. The Hall–Kier alpha value is -0.610. The van der Waals surface area contributed by atoms with Gasteiger partial charge >= 0.3 is 0 Å². The predicted octanol–water partition coefficient (Wildman–Crippen LogP) is 1.45. The quantitative estimate of drug-likeness (QED) is 0.741. The number of carbonyl (C=O) groups excluding carboxylic acids is 1. The van der Waals surface area contributed by atoms with Crippen LogP contribution in [-0.4, -0.2) is 37.7 Å². The van der Waals surface area contributed by atoms with E-state index in [-0.39, 0.29) is 18.1 Å². The smallest absolute Gasteiger partial charge is 0.248 e. The van der Waals surface area contributed by atoms with Crippen LogP contribution in [0.4, 0.5) is 0 Å². The highest BCUT2D eigenvalue weighted by Crippen LogP contribution is 2.22. The number of likely N-dealkylation sites (N-methyl/N-ethyl adjacent to an activating group) is 1. The van der Waals surface area contributed by atoms with Crippen molar-refractivity contribution in [1.82, 2.24) is 10.6 Å². The second-order valence-electron chi connectivity index (χ2n) is 4.79. The summed E-state index contributed by atoms with van der Waals surface area (Å²) < 4.78 is 5.88. The van der Waals surface area contributed by atoms with Crippen molar-refractivity contribution in [1.29, 1.82) is 0 Å². The van der Waals surface area contributed by atoms with Crippen molar-refractivity contribution < 1.29 is 9.53 Å². The van der Waals surface area contributed by atoms with Crippen LogP contribution in [-0.2, 0) is 9.53 Å². The van der Waals surface area contributed by atoms with Crippen molar-refractivity contribution in [2.45, 2.75) is 64.2 Å². The van der Waals surface area contributed by atoms with Crippen LogP contribution in [0.1, 0.15) is 46.0 Å². The third-order valence-electron chi connectivity index (χ3n) is 3.37. The Balaban J connectivity index is 2.37. The van der Waals surface area contributed by atoms with E-state index in [0.717, 1.165) is 25.8 Å². The first-order valence-electron chi connectivity index (χ1n) is 6.79. The fraction of sp³-hybridized carbons (Fsp3) is 0.923. The molecule has 0 aromatic rings. The van der Waals surface area contributed by atoms with Crippen molar-refractivity contribution in [2.75, 3.05) is 13.6 Å². The molecule has 1 aliphatic rings. The lowest BCUT2D eigenvalue weighted by Crippen LogP contribution is -2.46. The molecule has 0 aromatic heterocycles. The van der Waals surface area contributed by atoms with Crippen molar-refractivity contribution in [3.63, 3.8) is 0 Å². The summed E-state index contributed by atoms with van der Waals surface area (Å²) in [6, 6.07) is 0.394. The lowest BCUT2D eigenvalue weighted by molar-refractivity contribution is -0.137. The third kappa shape index (κ3) is 4.64. The van der Waals surface area contributed by atoms with Gasteiger partial charge in [0.1, 0.15) is 6.10 Å². The fourth-order valence-corrected chi connectivity index (χ4v) is 2.31. The molecule has 17 heavy (non-hydrogen) atoms. The van der Waals surface area contributed by atoms with Crippen LogP contribution in [0, 0.1) is 0 Å². The van der Waals surface area contributed by atoms with Gasteiger partial charge in [-0.3, -0.25) is 4.79 Å². The molecule has 1 rings (SSSR count). The number of hydrogen-bond acceptors (Lipinski definition) is 3.